The van der Waals surface area contributed by atoms with Crippen molar-refractivity contribution in [1.82, 2.24) is 9.80 Å². The first-order valence-corrected chi connectivity index (χ1v) is 13.4. The van der Waals surface area contributed by atoms with E-state index in [1.54, 1.807) is 39.2 Å². The van der Waals surface area contributed by atoms with Crippen LogP contribution in [0.25, 0.3) is 11.0 Å². The molecule has 9 nitrogen and oxygen atoms in total. The second kappa shape index (κ2) is 11.1. The lowest BCUT2D eigenvalue weighted by atomic mass is 9.95. The zero-order chi connectivity index (χ0) is 26.6. The third kappa shape index (κ3) is 6.44. The number of amides is 1. The summed E-state index contributed by atoms with van der Waals surface area (Å²) >= 11 is 0. The molecule has 194 valence electrons. The Bertz CT molecular complexity index is 1430. The molecule has 1 heterocycles. The Morgan fingerprint density at radius 3 is 2.44 bits per heavy atom. The van der Waals surface area contributed by atoms with Gasteiger partial charge < -0.3 is 24.3 Å². The minimum Gasteiger partial charge on any atom is -0.422 e. The Morgan fingerprint density at radius 1 is 1.08 bits per heavy atom. The molecule has 0 spiro atoms. The molecule has 0 bridgehead atoms. The van der Waals surface area contributed by atoms with Crippen LogP contribution < -0.4 is 15.7 Å². The SMILES string of the molecule is CCS(=O)(=O)CNc1cccc(Cc2c(CN(C)C)c3ccc(OC(=O)N(C)C)cc3oc2=O)c1C. The van der Waals surface area contributed by atoms with E-state index < -0.39 is 21.6 Å². The molecule has 10 heteroatoms. The topological polar surface area (TPSA) is 109 Å². The van der Waals surface area contributed by atoms with E-state index in [1.807, 2.05) is 44.1 Å². The highest BCUT2D eigenvalue weighted by Gasteiger charge is 2.19. The summed E-state index contributed by atoms with van der Waals surface area (Å²) in [6.07, 6.45) is -0.210. The van der Waals surface area contributed by atoms with Gasteiger partial charge in [-0.1, -0.05) is 19.1 Å². The van der Waals surface area contributed by atoms with Crippen LogP contribution >= 0.6 is 0 Å². The predicted molar refractivity (Wildman–Crippen MR) is 142 cm³/mol. The van der Waals surface area contributed by atoms with Gasteiger partial charge in [-0.2, -0.15) is 0 Å². The van der Waals surface area contributed by atoms with Crippen molar-refractivity contribution in [2.45, 2.75) is 26.8 Å². The van der Waals surface area contributed by atoms with Crippen molar-refractivity contribution in [3.63, 3.8) is 0 Å². The Kier molecular flexibility index (Phi) is 8.42. The summed E-state index contributed by atoms with van der Waals surface area (Å²) in [7, 11) is 3.81. The van der Waals surface area contributed by atoms with Gasteiger partial charge in [0.1, 0.15) is 17.2 Å². The number of ether oxygens (including phenoxy) is 1. The molecule has 0 aliphatic heterocycles. The Morgan fingerprint density at radius 2 is 1.81 bits per heavy atom. The molecule has 0 radical (unpaired) electrons. The fourth-order valence-electron chi connectivity index (χ4n) is 3.76. The number of rotatable bonds is 9. The van der Waals surface area contributed by atoms with E-state index in [9.17, 15) is 18.0 Å². The largest absolute Gasteiger partial charge is 0.422 e. The van der Waals surface area contributed by atoms with Crippen molar-refractivity contribution in [3.8, 4) is 5.75 Å². The molecule has 2 aromatic carbocycles. The molecular formula is C26H33N3O6S. The average molecular weight is 516 g/mol. The first-order valence-electron chi connectivity index (χ1n) is 11.6. The first kappa shape index (κ1) is 27.2. The Hall–Kier alpha value is -3.37. The van der Waals surface area contributed by atoms with Crippen LogP contribution in [0.2, 0.25) is 0 Å². The molecule has 1 amide bonds. The van der Waals surface area contributed by atoms with Crippen molar-refractivity contribution in [1.29, 1.82) is 0 Å². The summed E-state index contributed by atoms with van der Waals surface area (Å²) in [4.78, 5) is 28.4. The summed E-state index contributed by atoms with van der Waals surface area (Å²) in [6.45, 7) is 4.01. The van der Waals surface area contributed by atoms with Crippen LogP contribution in [0.1, 0.15) is 29.2 Å². The summed E-state index contributed by atoms with van der Waals surface area (Å²) in [5.74, 6) is 0.184. The third-order valence-corrected chi connectivity index (χ3v) is 7.34. The second-order valence-electron chi connectivity index (χ2n) is 9.12. The quantitative estimate of drug-likeness (QED) is 0.431. The zero-order valence-electron chi connectivity index (χ0n) is 21.5. The predicted octanol–water partition coefficient (Wildman–Crippen LogP) is 3.62. The highest BCUT2D eigenvalue weighted by molar-refractivity contribution is 7.91. The van der Waals surface area contributed by atoms with Gasteiger partial charge in [0.05, 0.1) is 0 Å². The number of nitrogens with one attached hydrogen (secondary N) is 1. The number of benzene rings is 2. The molecule has 0 aliphatic rings. The van der Waals surface area contributed by atoms with Crippen molar-refractivity contribution >= 4 is 32.6 Å². The van der Waals surface area contributed by atoms with Crippen molar-refractivity contribution in [2.75, 3.05) is 45.1 Å². The van der Waals surface area contributed by atoms with E-state index >= 15 is 0 Å². The number of anilines is 1. The van der Waals surface area contributed by atoms with Crippen LogP contribution in [0.3, 0.4) is 0 Å². The van der Waals surface area contributed by atoms with E-state index in [1.165, 1.54) is 4.90 Å². The van der Waals surface area contributed by atoms with Crippen molar-refractivity contribution < 1.29 is 22.4 Å². The van der Waals surface area contributed by atoms with Gasteiger partial charge in [-0.15, -0.1) is 0 Å². The molecule has 0 fully saturated rings. The zero-order valence-corrected chi connectivity index (χ0v) is 22.4. The van der Waals surface area contributed by atoms with Crippen LogP contribution in [-0.4, -0.2) is 64.1 Å². The second-order valence-corrected chi connectivity index (χ2v) is 11.5. The normalized spacial score (nSPS) is 11.6. The summed E-state index contributed by atoms with van der Waals surface area (Å²) in [5, 5.41) is 3.76. The lowest BCUT2D eigenvalue weighted by Crippen LogP contribution is -2.25. The maximum atomic E-state index is 13.2. The highest BCUT2D eigenvalue weighted by Crippen LogP contribution is 2.28. The van der Waals surface area contributed by atoms with Gasteiger partial charge in [-0.25, -0.2) is 18.0 Å². The van der Waals surface area contributed by atoms with Crippen molar-refractivity contribution in [2.24, 2.45) is 0 Å². The van der Waals surface area contributed by atoms with Crippen LogP contribution in [0.4, 0.5) is 10.5 Å². The molecule has 0 aliphatic carbocycles. The van der Waals surface area contributed by atoms with E-state index in [0.29, 0.717) is 29.8 Å². The van der Waals surface area contributed by atoms with Crippen molar-refractivity contribution in [3.05, 3.63) is 69.1 Å². The maximum absolute atomic E-state index is 13.2. The fourth-order valence-corrected chi connectivity index (χ4v) is 4.34. The molecular weight excluding hydrogens is 482 g/mol. The molecule has 0 unspecified atom stereocenters. The van der Waals surface area contributed by atoms with E-state index in [2.05, 4.69) is 5.32 Å². The molecule has 0 saturated heterocycles. The molecule has 3 aromatic rings. The fraction of sp³-hybridized carbons (Fsp3) is 0.385. The summed E-state index contributed by atoms with van der Waals surface area (Å²) in [6, 6.07) is 10.6. The van der Waals surface area contributed by atoms with Gasteiger partial charge in [-0.05, 0) is 55.9 Å². The monoisotopic (exact) mass is 515 g/mol. The molecule has 0 saturated carbocycles. The van der Waals surface area contributed by atoms with Gasteiger partial charge in [0.25, 0.3) is 0 Å². The van der Waals surface area contributed by atoms with Gasteiger partial charge in [0.15, 0.2) is 9.84 Å². The number of sulfone groups is 1. The van der Waals surface area contributed by atoms with Crippen LogP contribution in [0, 0.1) is 6.92 Å². The molecule has 1 aromatic heterocycles. The Balaban J connectivity index is 2.04. The number of carbonyl (C=O) groups is 1. The summed E-state index contributed by atoms with van der Waals surface area (Å²) in [5.41, 5.74) is 3.67. The standard InChI is InChI=1S/C26H33N3O6S/c1-7-36(32,33)16-27-23-10-8-9-18(17(23)2)13-21-22(15-28(3)4)20-12-11-19(34-26(31)29(5)6)14-24(20)35-25(21)30/h8-12,14,27H,7,13,15-16H2,1-6H3. The average Bonchev–Trinajstić information content (AvgIpc) is 2.81. The lowest BCUT2D eigenvalue weighted by molar-refractivity contribution is 0.172. The summed E-state index contributed by atoms with van der Waals surface area (Å²) < 4.78 is 34.9. The minimum atomic E-state index is -3.19. The number of hydrogen-bond donors (Lipinski definition) is 1. The minimum absolute atomic E-state index is 0.0564. The van der Waals surface area contributed by atoms with E-state index in [-0.39, 0.29) is 17.4 Å². The number of fused-ring (bicyclic) bond motifs is 1. The van der Waals surface area contributed by atoms with E-state index in [4.69, 9.17) is 9.15 Å². The smallest absolute Gasteiger partial charge is 0.414 e. The first-order chi connectivity index (χ1) is 16.9. The molecule has 1 N–H and O–H groups in total. The molecule has 36 heavy (non-hydrogen) atoms. The highest BCUT2D eigenvalue weighted by atomic mass is 32.2. The van der Waals surface area contributed by atoms with Gasteiger partial charge in [0.2, 0.25) is 0 Å². The maximum Gasteiger partial charge on any atom is 0.414 e. The van der Waals surface area contributed by atoms with E-state index in [0.717, 1.165) is 22.1 Å². The Labute approximate surface area is 211 Å². The van der Waals surface area contributed by atoms with Crippen LogP contribution in [0.5, 0.6) is 5.75 Å². The molecule has 3 rings (SSSR count). The lowest BCUT2D eigenvalue weighted by Gasteiger charge is -2.18. The molecule has 0 atom stereocenters. The van der Waals surface area contributed by atoms with Gasteiger partial charge in [0, 0.05) is 55.5 Å². The number of nitrogens with zero attached hydrogens (tertiary/aromatic N) is 2. The van der Waals surface area contributed by atoms with Gasteiger partial charge in [-0.3, -0.25) is 0 Å². The van der Waals surface area contributed by atoms with Gasteiger partial charge >= 0.3 is 11.7 Å². The number of hydrogen-bond acceptors (Lipinski definition) is 8. The van der Waals surface area contributed by atoms with Crippen LogP contribution in [-0.2, 0) is 22.8 Å². The third-order valence-electron chi connectivity index (χ3n) is 5.87. The number of carbonyl (C=O) groups excluding carboxylic acids is 1. The van der Waals surface area contributed by atoms with Crippen LogP contribution in [0.15, 0.2) is 45.6 Å².